The Morgan fingerprint density at radius 1 is 1.45 bits per heavy atom. The molecule has 106 valence electrons. The summed E-state index contributed by atoms with van der Waals surface area (Å²) in [6, 6.07) is 9.43. The van der Waals surface area contributed by atoms with E-state index in [9.17, 15) is 4.79 Å². The molecule has 0 aliphatic rings. The maximum absolute atomic E-state index is 11.4. The van der Waals surface area contributed by atoms with Crippen molar-refractivity contribution in [1.82, 2.24) is 5.43 Å². The zero-order valence-electron chi connectivity index (χ0n) is 11.3. The van der Waals surface area contributed by atoms with E-state index in [2.05, 4.69) is 0 Å². The molecule has 0 spiro atoms. The van der Waals surface area contributed by atoms with Gasteiger partial charge in [-0.1, -0.05) is 12.1 Å². The summed E-state index contributed by atoms with van der Waals surface area (Å²) in [7, 11) is 0. The second kappa shape index (κ2) is 6.49. The number of hydrazine groups is 1. The normalized spacial score (nSPS) is 10.3. The Labute approximate surface area is 121 Å². The highest BCUT2D eigenvalue weighted by Gasteiger charge is 2.14. The summed E-state index contributed by atoms with van der Waals surface area (Å²) in [5.41, 5.74) is 2.86. The third-order valence-corrected chi connectivity index (χ3v) is 3.60. The van der Waals surface area contributed by atoms with E-state index < -0.39 is 5.91 Å². The number of carbonyl (C=O) groups excluding carboxylic acids is 1. The predicted molar refractivity (Wildman–Crippen MR) is 77.7 cm³/mol. The molecular formula is C14H16N2O3S. The molecule has 6 heteroatoms. The highest BCUT2D eigenvalue weighted by Crippen LogP contribution is 2.28. The van der Waals surface area contributed by atoms with Gasteiger partial charge in [0.25, 0.3) is 0 Å². The number of rotatable bonds is 5. The first-order valence-electron chi connectivity index (χ1n) is 6.01. The van der Waals surface area contributed by atoms with Crippen LogP contribution < -0.4 is 16.0 Å². The summed E-state index contributed by atoms with van der Waals surface area (Å²) in [5, 5.41) is 0. The van der Waals surface area contributed by atoms with Gasteiger partial charge in [-0.2, -0.15) is 0 Å². The van der Waals surface area contributed by atoms with Crippen molar-refractivity contribution < 1.29 is 13.9 Å². The molecule has 0 radical (unpaired) electrons. The summed E-state index contributed by atoms with van der Waals surface area (Å²) >= 11 is 1.62. The Balaban J connectivity index is 2.11. The van der Waals surface area contributed by atoms with Gasteiger partial charge < -0.3 is 9.15 Å². The third kappa shape index (κ3) is 3.15. The van der Waals surface area contributed by atoms with E-state index in [4.69, 9.17) is 15.0 Å². The Bertz CT molecular complexity index is 610. The summed E-state index contributed by atoms with van der Waals surface area (Å²) < 4.78 is 11.1. The number of thioether (sulfide) groups is 1. The van der Waals surface area contributed by atoms with Crippen LogP contribution in [0.1, 0.15) is 21.9 Å². The average molecular weight is 292 g/mol. The first-order chi connectivity index (χ1) is 9.65. The minimum absolute atomic E-state index is 0.182. The number of furan rings is 1. The van der Waals surface area contributed by atoms with Gasteiger partial charge in [0.05, 0.1) is 0 Å². The van der Waals surface area contributed by atoms with Gasteiger partial charge in [0.2, 0.25) is 0 Å². The van der Waals surface area contributed by atoms with Crippen molar-refractivity contribution in [2.24, 2.45) is 5.84 Å². The quantitative estimate of drug-likeness (QED) is 0.383. The number of carbonyl (C=O) groups is 1. The van der Waals surface area contributed by atoms with Crippen molar-refractivity contribution >= 4 is 17.7 Å². The molecule has 20 heavy (non-hydrogen) atoms. The molecule has 0 fully saturated rings. The Hall–Kier alpha value is -1.92. The fraction of sp³-hybridized carbons (Fsp3) is 0.214. The predicted octanol–water partition coefficient (Wildman–Crippen LogP) is 2.49. The van der Waals surface area contributed by atoms with Crippen molar-refractivity contribution in [3.63, 3.8) is 0 Å². The molecule has 0 saturated heterocycles. The summed E-state index contributed by atoms with van der Waals surface area (Å²) in [6.07, 6.45) is 2.00. The number of nitrogens with two attached hydrogens (primary N) is 1. The van der Waals surface area contributed by atoms with Gasteiger partial charge in [0, 0.05) is 10.5 Å². The van der Waals surface area contributed by atoms with Crippen LogP contribution in [-0.2, 0) is 6.61 Å². The lowest BCUT2D eigenvalue weighted by atomic mass is 10.2. The molecule has 0 aliphatic heterocycles. The molecule has 0 saturated carbocycles. The number of hydrogen-bond acceptors (Lipinski definition) is 5. The van der Waals surface area contributed by atoms with Gasteiger partial charge in [0.15, 0.2) is 5.76 Å². The number of aryl methyl sites for hydroxylation is 1. The fourth-order valence-electron chi connectivity index (χ4n) is 1.74. The highest BCUT2D eigenvalue weighted by atomic mass is 32.2. The van der Waals surface area contributed by atoms with Crippen molar-refractivity contribution in [2.75, 3.05) is 6.26 Å². The van der Waals surface area contributed by atoms with Crippen molar-refractivity contribution in [3.05, 3.63) is 47.4 Å². The Morgan fingerprint density at radius 3 is 2.90 bits per heavy atom. The van der Waals surface area contributed by atoms with Crippen LogP contribution in [-0.4, -0.2) is 12.2 Å². The summed E-state index contributed by atoms with van der Waals surface area (Å²) in [4.78, 5) is 12.4. The smallest absolute Gasteiger partial charge is 0.300 e. The number of para-hydroxylation sites is 1. The van der Waals surface area contributed by atoms with E-state index in [1.165, 1.54) is 0 Å². The number of benzene rings is 1. The molecular weight excluding hydrogens is 276 g/mol. The zero-order chi connectivity index (χ0) is 14.5. The molecule has 0 bridgehead atoms. The van der Waals surface area contributed by atoms with Gasteiger partial charge in [0.1, 0.15) is 18.1 Å². The maximum Gasteiger partial charge on any atom is 0.300 e. The molecule has 2 rings (SSSR count). The second-order valence-electron chi connectivity index (χ2n) is 4.11. The van der Waals surface area contributed by atoms with Crippen molar-refractivity contribution in [3.8, 4) is 5.75 Å². The lowest BCUT2D eigenvalue weighted by molar-refractivity contribution is 0.0924. The SMILES string of the molecule is CSc1ccccc1OCc1cc(C(=O)NN)oc1C. The molecule has 3 N–H and O–H groups in total. The van der Waals surface area contributed by atoms with Gasteiger partial charge in [-0.25, -0.2) is 5.84 Å². The number of hydrogen-bond donors (Lipinski definition) is 2. The fourth-order valence-corrected chi connectivity index (χ4v) is 2.28. The van der Waals surface area contributed by atoms with E-state index >= 15 is 0 Å². The monoisotopic (exact) mass is 292 g/mol. The number of ether oxygens (including phenoxy) is 1. The maximum atomic E-state index is 11.4. The van der Waals surface area contributed by atoms with Crippen LogP contribution in [0.5, 0.6) is 5.75 Å². The van der Waals surface area contributed by atoms with Crippen LogP contribution >= 0.6 is 11.8 Å². The molecule has 1 amide bonds. The first kappa shape index (κ1) is 14.5. The summed E-state index contributed by atoms with van der Waals surface area (Å²) in [5.74, 6) is 6.25. The van der Waals surface area contributed by atoms with Crippen molar-refractivity contribution in [2.45, 2.75) is 18.4 Å². The number of nitrogen functional groups attached to an aromatic ring is 1. The third-order valence-electron chi connectivity index (χ3n) is 2.83. The van der Waals surface area contributed by atoms with Gasteiger partial charge in [-0.15, -0.1) is 11.8 Å². The molecule has 0 atom stereocenters. The van der Waals surface area contributed by atoms with E-state index in [-0.39, 0.29) is 5.76 Å². The van der Waals surface area contributed by atoms with Gasteiger partial charge >= 0.3 is 5.91 Å². The zero-order valence-corrected chi connectivity index (χ0v) is 12.1. The van der Waals surface area contributed by atoms with E-state index in [0.29, 0.717) is 12.4 Å². The van der Waals surface area contributed by atoms with Crippen LogP contribution in [0.3, 0.4) is 0 Å². The van der Waals surface area contributed by atoms with Crippen LogP contribution in [0.4, 0.5) is 0 Å². The van der Waals surface area contributed by atoms with Gasteiger partial charge in [-0.05, 0) is 31.4 Å². The molecule has 2 aromatic rings. The lowest BCUT2D eigenvalue weighted by Crippen LogP contribution is -2.29. The van der Waals surface area contributed by atoms with Crippen molar-refractivity contribution in [1.29, 1.82) is 0 Å². The molecule has 1 aromatic carbocycles. The molecule has 0 aliphatic carbocycles. The van der Waals surface area contributed by atoms with Crippen LogP contribution in [0.2, 0.25) is 0 Å². The number of nitrogens with one attached hydrogen (secondary N) is 1. The van der Waals surface area contributed by atoms with Crippen LogP contribution in [0.15, 0.2) is 39.6 Å². The molecule has 5 nitrogen and oxygen atoms in total. The number of amides is 1. The Morgan fingerprint density at radius 2 is 2.20 bits per heavy atom. The lowest BCUT2D eigenvalue weighted by Gasteiger charge is -2.08. The van der Waals surface area contributed by atoms with Crippen LogP contribution in [0, 0.1) is 6.92 Å². The summed E-state index contributed by atoms with van der Waals surface area (Å²) in [6.45, 7) is 2.12. The molecule has 0 unspecified atom stereocenters. The average Bonchev–Trinajstić information content (AvgIpc) is 2.85. The topological polar surface area (TPSA) is 77.5 Å². The first-order valence-corrected chi connectivity index (χ1v) is 7.24. The largest absolute Gasteiger partial charge is 0.488 e. The van der Waals surface area contributed by atoms with E-state index in [1.54, 1.807) is 24.8 Å². The molecule has 1 aromatic heterocycles. The minimum Gasteiger partial charge on any atom is -0.488 e. The molecule has 1 heterocycles. The minimum atomic E-state index is -0.455. The van der Waals surface area contributed by atoms with E-state index in [0.717, 1.165) is 16.2 Å². The highest BCUT2D eigenvalue weighted by molar-refractivity contribution is 7.98. The van der Waals surface area contributed by atoms with Gasteiger partial charge in [-0.3, -0.25) is 10.2 Å². The van der Waals surface area contributed by atoms with E-state index in [1.807, 2.05) is 35.9 Å². The second-order valence-corrected chi connectivity index (χ2v) is 4.95. The Kier molecular flexibility index (Phi) is 4.70. The van der Waals surface area contributed by atoms with Crippen LogP contribution in [0.25, 0.3) is 0 Å². The standard InChI is InChI=1S/C14H16N2O3S/c1-9-10(7-12(19-9)14(17)16-15)8-18-11-5-3-4-6-13(11)20-2/h3-7H,8,15H2,1-2H3,(H,16,17).